The summed E-state index contributed by atoms with van der Waals surface area (Å²) in [4.78, 5) is 0. The van der Waals surface area contributed by atoms with E-state index in [4.69, 9.17) is 19.9 Å². The minimum Gasteiger partial charge on any atom is -0.376 e. The van der Waals surface area contributed by atoms with Gasteiger partial charge in [-0.1, -0.05) is 0 Å². The van der Waals surface area contributed by atoms with Gasteiger partial charge < -0.3 is 19.9 Å². The van der Waals surface area contributed by atoms with Gasteiger partial charge in [-0.25, -0.2) is 0 Å². The van der Waals surface area contributed by atoms with E-state index in [1.807, 2.05) is 20.8 Å². The molecule has 0 fully saturated rings. The van der Waals surface area contributed by atoms with Gasteiger partial charge in [-0.3, -0.25) is 0 Å². The maximum absolute atomic E-state index is 6.12. The Kier molecular flexibility index (Phi) is 8.91. The third-order valence-corrected chi connectivity index (χ3v) is 2.78. The smallest absolute Gasteiger partial charge is 0.157 e. The molecule has 0 aliphatic rings. The van der Waals surface area contributed by atoms with Crippen LogP contribution in [0, 0.1) is 0 Å². The van der Waals surface area contributed by atoms with E-state index in [1.165, 1.54) is 0 Å². The Bertz CT molecular complexity index is 243. The number of ether oxygens (including phenoxy) is 3. The summed E-state index contributed by atoms with van der Waals surface area (Å²) in [6.07, 6.45) is 3.53. The van der Waals surface area contributed by atoms with Crippen LogP contribution in [0.15, 0.2) is 0 Å². The molecule has 0 saturated carbocycles. The molecule has 0 rings (SSSR count). The Hall–Kier alpha value is -0.160. The molecule has 4 nitrogen and oxygen atoms in total. The van der Waals surface area contributed by atoms with Crippen LogP contribution in [0.4, 0.5) is 0 Å². The van der Waals surface area contributed by atoms with Crippen LogP contribution in [0.3, 0.4) is 0 Å². The normalized spacial score (nSPS) is 16.2. The standard InChI is InChI=1S/C16H35NO3/c1-15(2,3)19-12-8-9-13(17)10-11-14(18-7)20-16(4,5)6/h13-14H,8-12,17H2,1-7H3. The van der Waals surface area contributed by atoms with E-state index in [1.54, 1.807) is 7.11 Å². The second-order valence-corrected chi connectivity index (χ2v) is 7.34. The lowest BCUT2D eigenvalue weighted by molar-refractivity contribution is -0.185. The van der Waals surface area contributed by atoms with Crippen LogP contribution in [-0.4, -0.2) is 37.3 Å². The second kappa shape index (κ2) is 8.98. The van der Waals surface area contributed by atoms with Gasteiger partial charge in [0.15, 0.2) is 6.29 Å². The number of hydrogen-bond donors (Lipinski definition) is 1. The molecule has 0 aliphatic heterocycles. The lowest BCUT2D eigenvalue weighted by atomic mass is 10.1. The van der Waals surface area contributed by atoms with Crippen LogP contribution in [0.5, 0.6) is 0 Å². The maximum atomic E-state index is 6.12. The molecule has 0 bridgehead atoms. The summed E-state index contributed by atoms with van der Waals surface area (Å²) in [6, 6.07) is 0.180. The molecule has 0 saturated heterocycles. The summed E-state index contributed by atoms with van der Waals surface area (Å²) >= 11 is 0. The first kappa shape index (κ1) is 19.8. The molecule has 4 heteroatoms. The summed E-state index contributed by atoms with van der Waals surface area (Å²) < 4.78 is 16.8. The van der Waals surface area contributed by atoms with E-state index < -0.39 is 0 Å². The maximum Gasteiger partial charge on any atom is 0.157 e. The molecule has 122 valence electrons. The Morgan fingerprint density at radius 3 is 1.95 bits per heavy atom. The zero-order valence-corrected chi connectivity index (χ0v) is 14.5. The van der Waals surface area contributed by atoms with Gasteiger partial charge in [0.25, 0.3) is 0 Å². The highest BCUT2D eigenvalue weighted by atomic mass is 16.7. The third kappa shape index (κ3) is 12.9. The van der Waals surface area contributed by atoms with Crippen molar-refractivity contribution in [2.45, 2.75) is 90.8 Å². The zero-order chi connectivity index (χ0) is 15.8. The Labute approximate surface area is 125 Å². The SMILES string of the molecule is COC(CCC(N)CCCOC(C)(C)C)OC(C)(C)C. The van der Waals surface area contributed by atoms with Crippen molar-refractivity contribution in [2.24, 2.45) is 5.73 Å². The molecular formula is C16H35NO3. The monoisotopic (exact) mass is 289 g/mol. The van der Waals surface area contributed by atoms with Gasteiger partial charge in [0.2, 0.25) is 0 Å². The molecule has 0 aromatic rings. The van der Waals surface area contributed by atoms with Gasteiger partial charge in [-0.2, -0.15) is 0 Å². The molecule has 0 amide bonds. The van der Waals surface area contributed by atoms with Crippen molar-refractivity contribution in [3.05, 3.63) is 0 Å². The van der Waals surface area contributed by atoms with Crippen LogP contribution in [0.2, 0.25) is 0 Å². The molecular weight excluding hydrogens is 254 g/mol. The first-order valence-electron chi connectivity index (χ1n) is 7.63. The molecule has 0 aromatic carbocycles. The fourth-order valence-corrected chi connectivity index (χ4v) is 1.84. The minimum absolute atomic E-state index is 0.0637. The van der Waals surface area contributed by atoms with Crippen molar-refractivity contribution >= 4 is 0 Å². The van der Waals surface area contributed by atoms with Crippen molar-refractivity contribution < 1.29 is 14.2 Å². The Balaban J connectivity index is 3.77. The van der Waals surface area contributed by atoms with Gasteiger partial charge in [0.1, 0.15) is 0 Å². The highest BCUT2D eigenvalue weighted by Crippen LogP contribution is 2.16. The van der Waals surface area contributed by atoms with Crippen LogP contribution in [0.1, 0.15) is 67.2 Å². The second-order valence-electron chi connectivity index (χ2n) is 7.34. The van der Waals surface area contributed by atoms with E-state index in [-0.39, 0.29) is 23.5 Å². The first-order chi connectivity index (χ1) is 9.03. The third-order valence-electron chi connectivity index (χ3n) is 2.78. The molecule has 2 atom stereocenters. The average molecular weight is 289 g/mol. The number of methoxy groups -OCH3 is 1. The Morgan fingerprint density at radius 2 is 1.50 bits per heavy atom. The molecule has 0 aliphatic carbocycles. The summed E-state index contributed by atoms with van der Waals surface area (Å²) in [5.74, 6) is 0. The number of nitrogens with two attached hydrogens (primary N) is 1. The fourth-order valence-electron chi connectivity index (χ4n) is 1.84. The van der Waals surface area contributed by atoms with Crippen LogP contribution < -0.4 is 5.73 Å². The Morgan fingerprint density at radius 1 is 0.900 bits per heavy atom. The minimum atomic E-state index is -0.189. The molecule has 2 N–H and O–H groups in total. The topological polar surface area (TPSA) is 53.7 Å². The molecule has 0 spiro atoms. The highest BCUT2D eigenvalue weighted by Gasteiger charge is 2.19. The molecule has 20 heavy (non-hydrogen) atoms. The summed E-state index contributed by atoms with van der Waals surface area (Å²) in [6.45, 7) is 13.1. The predicted molar refractivity (Wildman–Crippen MR) is 83.8 cm³/mol. The van der Waals surface area contributed by atoms with Gasteiger partial charge in [-0.05, 0) is 67.2 Å². The molecule has 0 aromatic heterocycles. The zero-order valence-electron chi connectivity index (χ0n) is 14.5. The van der Waals surface area contributed by atoms with Crippen molar-refractivity contribution in [2.75, 3.05) is 13.7 Å². The lowest BCUT2D eigenvalue weighted by Gasteiger charge is -2.27. The number of rotatable bonds is 9. The van der Waals surface area contributed by atoms with Gasteiger partial charge in [-0.15, -0.1) is 0 Å². The van der Waals surface area contributed by atoms with Crippen LogP contribution in [-0.2, 0) is 14.2 Å². The van der Waals surface area contributed by atoms with Gasteiger partial charge >= 0.3 is 0 Å². The summed E-state index contributed by atoms with van der Waals surface area (Å²) in [5.41, 5.74) is 5.87. The average Bonchev–Trinajstić information content (AvgIpc) is 2.27. The van der Waals surface area contributed by atoms with E-state index in [0.717, 1.165) is 32.3 Å². The fraction of sp³-hybridized carbons (Fsp3) is 1.00. The van der Waals surface area contributed by atoms with Gasteiger partial charge in [0.05, 0.1) is 11.2 Å². The quantitative estimate of drug-likeness (QED) is 0.521. The van der Waals surface area contributed by atoms with Crippen molar-refractivity contribution in [3.63, 3.8) is 0 Å². The molecule has 0 heterocycles. The van der Waals surface area contributed by atoms with Crippen LogP contribution >= 0.6 is 0 Å². The molecule has 0 radical (unpaired) electrons. The van der Waals surface area contributed by atoms with Crippen molar-refractivity contribution in [3.8, 4) is 0 Å². The lowest BCUT2D eigenvalue weighted by Crippen LogP contribution is -2.31. The summed E-state index contributed by atoms with van der Waals surface area (Å²) in [7, 11) is 1.68. The van der Waals surface area contributed by atoms with Crippen molar-refractivity contribution in [1.82, 2.24) is 0 Å². The van der Waals surface area contributed by atoms with E-state index in [9.17, 15) is 0 Å². The van der Waals surface area contributed by atoms with Crippen LogP contribution in [0.25, 0.3) is 0 Å². The van der Waals surface area contributed by atoms with Crippen molar-refractivity contribution in [1.29, 1.82) is 0 Å². The summed E-state index contributed by atoms with van der Waals surface area (Å²) in [5, 5.41) is 0. The van der Waals surface area contributed by atoms with E-state index >= 15 is 0 Å². The highest BCUT2D eigenvalue weighted by molar-refractivity contribution is 4.66. The van der Waals surface area contributed by atoms with E-state index in [2.05, 4.69) is 20.8 Å². The molecule has 2 unspecified atom stereocenters. The van der Waals surface area contributed by atoms with Gasteiger partial charge in [0, 0.05) is 19.8 Å². The number of hydrogen-bond acceptors (Lipinski definition) is 4. The van der Waals surface area contributed by atoms with E-state index in [0.29, 0.717) is 0 Å². The first-order valence-corrected chi connectivity index (χ1v) is 7.63. The largest absolute Gasteiger partial charge is 0.376 e. The predicted octanol–water partition coefficient (Wildman–Crippen LogP) is 3.48.